The molecule has 3 rings (SSSR count). The van der Waals surface area contributed by atoms with Gasteiger partial charge in [0, 0.05) is 6.54 Å². The van der Waals surface area contributed by atoms with Gasteiger partial charge in [-0.1, -0.05) is 43.2 Å². The summed E-state index contributed by atoms with van der Waals surface area (Å²) in [6, 6.07) is 9.64. The Morgan fingerprint density at radius 2 is 1.91 bits per heavy atom. The van der Waals surface area contributed by atoms with Gasteiger partial charge in [0.25, 0.3) is 5.91 Å². The highest BCUT2D eigenvalue weighted by Gasteiger charge is 2.36. The molecule has 0 heterocycles. The Labute approximate surface area is 131 Å². The Morgan fingerprint density at radius 3 is 2.50 bits per heavy atom. The van der Waals surface area contributed by atoms with E-state index in [-0.39, 0.29) is 12.0 Å². The molecule has 2 saturated carbocycles. The third-order valence-corrected chi connectivity index (χ3v) is 4.85. The van der Waals surface area contributed by atoms with Crippen LogP contribution in [0.2, 0.25) is 0 Å². The predicted molar refractivity (Wildman–Crippen MR) is 84.3 cm³/mol. The molecule has 1 atom stereocenters. The van der Waals surface area contributed by atoms with E-state index in [9.17, 15) is 9.90 Å². The summed E-state index contributed by atoms with van der Waals surface area (Å²) in [5.74, 6) is -0.140. The van der Waals surface area contributed by atoms with Crippen LogP contribution in [0.3, 0.4) is 0 Å². The van der Waals surface area contributed by atoms with Crippen molar-refractivity contribution in [1.82, 2.24) is 5.32 Å². The first-order valence-corrected chi connectivity index (χ1v) is 8.37. The zero-order valence-corrected chi connectivity index (χ0v) is 13.0. The molecule has 0 aliphatic heterocycles. The zero-order valence-electron chi connectivity index (χ0n) is 13.0. The minimum atomic E-state index is -0.704. The van der Waals surface area contributed by atoms with Crippen LogP contribution < -0.4 is 5.32 Å². The van der Waals surface area contributed by atoms with Gasteiger partial charge in [-0.25, -0.2) is 0 Å². The number of carbonyl (C=O) groups excluding carboxylic acids is 1. The molecule has 1 amide bonds. The average Bonchev–Trinajstić information content (AvgIpc) is 3.02. The van der Waals surface area contributed by atoms with E-state index in [0.29, 0.717) is 6.54 Å². The quantitative estimate of drug-likeness (QED) is 0.849. The van der Waals surface area contributed by atoms with Crippen LogP contribution in [-0.4, -0.2) is 29.3 Å². The number of carbonyl (C=O) groups is 1. The molecule has 120 valence electrons. The second kappa shape index (κ2) is 6.80. The molecular formula is C18H25NO3. The lowest BCUT2D eigenvalue weighted by molar-refractivity contribution is -0.139. The highest BCUT2D eigenvalue weighted by Crippen LogP contribution is 2.31. The summed E-state index contributed by atoms with van der Waals surface area (Å²) < 4.78 is 6.08. The fourth-order valence-corrected chi connectivity index (χ4v) is 3.24. The summed E-state index contributed by atoms with van der Waals surface area (Å²) in [6.45, 7) is 0.323. The van der Waals surface area contributed by atoms with E-state index in [0.717, 1.165) is 37.7 Å². The van der Waals surface area contributed by atoms with Crippen molar-refractivity contribution in [2.24, 2.45) is 0 Å². The zero-order chi connectivity index (χ0) is 15.4. The first kappa shape index (κ1) is 15.5. The number of benzene rings is 1. The van der Waals surface area contributed by atoms with Crippen LogP contribution in [0.25, 0.3) is 0 Å². The normalized spacial score (nSPS) is 22.0. The van der Waals surface area contributed by atoms with Crippen LogP contribution in [0.4, 0.5) is 0 Å². The first-order valence-electron chi connectivity index (χ1n) is 8.37. The smallest absolute Gasteiger partial charge is 0.253 e. The Balaban J connectivity index is 1.65. The van der Waals surface area contributed by atoms with Gasteiger partial charge in [-0.3, -0.25) is 4.79 Å². The van der Waals surface area contributed by atoms with Crippen molar-refractivity contribution in [2.45, 2.75) is 62.8 Å². The minimum Gasteiger partial charge on any atom is -0.388 e. The van der Waals surface area contributed by atoms with E-state index < -0.39 is 11.7 Å². The van der Waals surface area contributed by atoms with E-state index >= 15 is 0 Å². The maximum atomic E-state index is 12.6. The van der Waals surface area contributed by atoms with E-state index in [1.165, 1.54) is 12.8 Å². The molecule has 2 N–H and O–H groups in total. The molecule has 1 aromatic carbocycles. The summed E-state index contributed by atoms with van der Waals surface area (Å²) in [7, 11) is 0. The van der Waals surface area contributed by atoms with Crippen molar-refractivity contribution in [3.05, 3.63) is 35.9 Å². The molecule has 0 radical (unpaired) electrons. The van der Waals surface area contributed by atoms with E-state index in [1.807, 2.05) is 30.3 Å². The fraction of sp³-hybridized carbons (Fsp3) is 0.611. The van der Waals surface area contributed by atoms with E-state index in [2.05, 4.69) is 5.32 Å². The van der Waals surface area contributed by atoms with Crippen LogP contribution in [-0.2, 0) is 9.53 Å². The minimum absolute atomic E-state index is 0.140. The van der Waals surface area contributed by atoms with Gasteiger partial charge in [-0.2, -0.15) is 0 Å². The third-order valence-electron chi connectivity index (χ3n) is 4.85. The third kappa shape index (κ3) is 3.68. The van der Waals surface area contributed by atoms with Gasteiger partial charge in [0.1, 0.15) is 0 Å². The molecule has 22 heavy (non-hydrogen) atoms. The van der Waals surface area contributed by atoms with Gasteiger partial charge < -0.3 is 15.2 Å². The van der Waals surface area contributed by atoms with Crippen LogP contribution >= 0.6 is 0 Å². The number of hydrogen-bond acceptors (Lipinski definition) is 3. The van der Waals surface area contributed by atoms with Gasteiger partial charge in [0.2, 0.25) is 0 Å². The molecule has 2 fully saturated rings. The summed E-state index contributed by atoms with van der Waals surface area (Å²) in [5.41, 5.74) is 0.178. The second-order valence-corrected chi connectivity index (χ2v) is 6.63. The van der Waals surface area contributed by atoms with Crippen molar-refractivity contribution in [3.63, 3.8) is 0 Å². The molecule has 1 aromatic rings. The Hall–Kier alpha value is -1.39. The van der Waals surface area contributed by atoms with Crippen molar-refractivity contribution in [3.8, 4) is 0 Å². The van der Waals surface area contributed by atoms with Crippen molar-refractivity contribution in [1.29, 1.82) is 0 Å². The largest absolute Gasteiger partial charge is 0.388 e. The summed E-state index contributed by atoms with van der Waals surface area (Å²) >= 11 is 0. The number of ether oxygens (including phenoxy) is 1. The summed E-state index contributed by atoms with van der Waals surface area (Å²) in [5, 5.41) is 13.0. The van der Waals surface area contributed by atoms with Crippen molar-refractivity contribution >= 4 is 5.91 Å². The lowest BCUT2D eigenvalue weighted by Gasteiger charge is -2.37. The van der Waals surface area contributed by atoms with Crippen LogP contribution in [0.1, 0.15) is 56.6 Å². The monoisotopic (exact) mass is 303 g/mol. The number of rotatable bonds is 6. The first-order chi connectivity index (χ1) is 10.7. The number of aliphatic hydroxyl groups is 1. The molecule has 0 saturated heterocycles. The molecular weight excluding hydrogens is 278 g/mol. The SMILES string of the molecule is O=C(NCC1(O)CCC1)C(OC1CCCC1)c1ccccc1. The van der Waals surface area contributed by atoms with Gasteiger partial charge in [-0.05, 0) is 37.7 Å². The Morgan fingerprint density at radius 1 is 1.23 bits per heavy atom. The molecule has 0 spiro atoms. The highest BCUT2D eigenvalue weighted by atomic mass is 16.5. The number of amides is 1. The van der Waals surface area contributed by atoms with Gasteiger partial charge in [0.05, 0.1) is 11.7 Å². The average molecular weight is 303 g/mol. The maximum absolute atomic E-state index is 12.6. The van der Waals surface area contributed by atoms with Crippen LogP contribution in [0.15, 0.2) is 30.3 Å². The number of hydrogen-bond donors (Lipinski definition) is 2. The van der Waals surface area contributed by atoms with Gasteiger partial charge in [0.15, 0.2) is 6.10 Å². The van der Waals surface area contributed by atoms with Crippen LogP contribution in [0.5, 0.6) is 0 Å². The lowest BCUT2D eigenvalue weighted by atomic mass is 9.80. The highest BCUT2D eigenvalue weighted by molar-refractivity contribution is 5.82. The molecule has 2 aliphatic rings. The Bertz CT molecular complexity index is 492. The fourth-order valence-electron chi connectivity index (χ4n) is 3.24. The van der Waals surface area contributed by atoms with E-state index in [1.54, 1.807) is 0 Å². The van der Waals surface area contributed by atoms with Gasteiger partial charge in [-0.15, -0.1) is 0 Å². The number of nitrogens with one attached hydrogen (secondary N) is 1. The maximum Gasteiger partial charge on any atom is 0.253 e. The topological polar surface area (TPSA) is 58.6 Å². The van der Waals surface area contributed by atoms with Crippen molar-refractivity contribution < 1.29 is 14.6 Å². The molecule has 4 nitrogen and oxygen atoms in total. The van der Waals surface area contributed by atoms with Crippen molar-refractivity contribution in [2.75, 3.05) is 6.54 Å². The molecule has 1 unspecified atom stereocenters. The molecule has 0 bridgehead atoms. The lowest BCUT2D eigenvalue weighted by Crippen LogP contribution is -2.49. The Kier molecular flexibility index (Phi) is 4.79. The molecule has 0 aromatic heterocycles. The van der Waals surface area contributed by atoms with Crippen LogP contribution in [0, 0.1) is 0 Å². The summed E-state index contributed by atoms with van der Waals surface area (Å²) in [6.07, 6.45) is 6.57. The summed E-state index contributed by atoms with van der Waals surface area (Å²) in [4.78, 5) is 12.6. The second-order valence-electron chi connectivity index (χ2n) is 6.63. The standard InChI is InChI=1S/C18H25NO3/c20-17(19-13-18(21)11-6-12-18)16(14-7-2-1-3-8-14)22-15-9-4-5-10-15/h1-3,7-8,15-16,21H,4-6,9-13H2,(H,19,20). The van der Waals surface area contributed by atoms with E-state index in [4.69, 9.17) is 4.74 Å². The van der Waals surface area contributed by atoms with Gasteiger partial charge >= 0.3 is 0 Å². The predicted octanol–water partition coefficient (Wildman–Crippen LogP) is 2.72. The molecule has 4 heteroatoms. The molecule has 2 aliphatic carbocycles.